The van der Waals surface area contributed by atoms with E-state index in [1.807, 2.05) is 16.9 Å². The van der Waals surface area contributed by atoms with Gasteiger partial charge in [-0.15, -0.1) is 0 Å². The number of nitrogens with zero attached hydrogens (tertiary/aromatic N) is 2. The van der Waals surface area contributed by atoms with E-state index >= 15 is 0 Å². The summed E-state index contributed by atoms with van der Waals surface area (Å²) in [4.78, 5) is 0. The Morgan fingerprint density at radius 1 is 1.44 bits per heavy atom. The molecule has 0 aliphatic carbocycles. The molecular weight excluding hydrogens is 226 g/mol. The number of aromatic nitrogens is 2. The van der Waals surface area contributed by atoms with Gasteiger partial charge in [0, 0.05) is 12.4 Å². The Bertz CT molecular complexity index is 471. The van der Waals surface area contributed by atoms with Crippen molar-refractivity contribution in [2.45, 2.75) is 33.9 Å². The summed E-state index contributed by atoms with van der Waals surface area (Å²) in [5.74, 6) is 2.64. The summed E-state index contributed by atoms with van der Waals surface area (Å²) in [6.45, 7) is 8.98. The number of hydrogen-bond acceptors (Lipinski definition) is 3. The first-order valence-corrected chi connectivity index (χ1v) is 6.41. The van der Waals surface area contributed by atoms with Crippen LogP contribution in [-0.4, -0.2) is 16.3 Å². The van der Waals surface area contributed by atoms with E-state index in [1.165, 1.54) is 5.56 Å². The normalized spacial score (nSPS) is 11.3. The van der Waals surface area contributed by atoms with Crippen LogP contribution < -0.4 is 5.32 Å². The molecule has 2 aromatic rings. The zero-order valence-electron chi connectivity index (χ0n) is 11.3. The van der Waals surface area contributed by atoms with Gasteiger partial charge in [-0.25, -0.2) is 0 Å². The molecule has 4 nitrogen and oxygen atoms in total. The Morgan fingerprint density at radius 3 is 2.94 bits per heavy atom. The van der Waals surface area contributed by atoms with Gasteiger partial charge in [0.15, 0.2) is 0 Å². The second-order valence-corrected chi connectivity index (χ2v) is 5.05. The fraction of sp³-hybridized carbons (Fsp3) is 0.500. The first kappa shape index (κ1) is 12.9. The summed E-state index contributed by atoms with van der Waals surface area (Å²) in [6, 6.07) is 4.01. The lowest BCUT2D eigenvalue weighted by Gasteiger charge is -2.05. The first-order valence-electron chi connectivity index (χ1n) is 6.41. The van der Waals surface area contributed by atoms with Gasteiger partial charge in [-0.05, 0) is 37.1 Å². The second kappa shape index (κ2) is 5.87. The van der Waals surface area contributed by atoms with Gasteiger partial charge in [-0.1, -0.05) is 13.8 Å². The van der Waals surface area contributed by atoms with Gasteiger partial charge in [0.25, 0.3) is 0 Å². The molecule has 0 aliphatic rings. The topological polar surface area (TPSA) is 43.0 Å². The van der Waals surface area contributed by atoms with E-state index in [2.05, 4.69) is 37.3 Å². The molecule has 1 N–H and O–H groups in total. The Balaban J connectivity index is 1.94. The second-order valence-electron chi connectivity index (χ2n) is 5.05. The van der Waals surface area contributed by atoms with Crippen molar-refractivity contribution in [2.24, 2.45) is 5.92 Å². The highest BCUT2D eigenvalue weighted by atomic mass is 16.3. The Labute approximate surface area is 108 Å². The van der Waals surface area contributed by atoms with E-state index < -0.39 is 0 Å². The van der Waals surface area contributed by atoms with Gasteiger partial charge < -0.3 is 9.73 Å². The molecule has 18 heavy (non-hydrogen) atoms. The van der Waals surface area contributed by atoms with Crippen molar-refractivity contribution in [2.75, 3.05) is 6.54 Å². The minimum Gasteiger partial charge on any atom is -0.462 e. The van der Waals surface area contributed by atoms with Gasteiger partial charge >= 0.3 is 0 Å². The van der Waals surface area contributed by atoms with E-state index in [9.17, 15) is 0 Å². The smallest absolute Gasteiger partial charge is 0.126 e. The summed E-state index contributed by atoms with van der Waals surface area (Å²) < 4.78 is 7.71. The van der Waals surface area contributed by atoms with Gasteiger partial charge in [0.2, 0.25) is 0 Å². The van der Waals surface area contributed by atoms with Crippen molar-refractivity contribution in [1.82, 2.24) is 15.1 Å². The zero-order chi connectivity index (χ0) is 13.0. The van der Waals surface area contributed by atoms with Gasteiger partial charge in [0.05, 0.1) is 13.1 Å². The quantitative estimate of drug-likeness (QED) is 0.853. The van der Waals surface area contributed by atoms with E-state index in [1.54, 1.807) is 6.20 Å². The van der Waals surface area contributed by atoms with Crippen molar-refractivity contribution < 1.29 is 4.42 Å². The number of furan rings is 1. The average Bonchev–Trinajstić information content (AvgIpc) is 2.90. The Morgan fingerprint density at radius 2 is 2.28 bits per heavy atom. The lowest BCUT2D eigenvalue weighted by atomic mass is 10.2. The van der Waals surface area contributed by atoms with Crippen LogP contribution in [0.4, 0.5) is 0 Å². The molecule has 0 unspecified atom stereocenters. The van der Waals surface area contributed by atoms with Gasteiger partial charge in [0.1, 0.15) is 11.5 Å². The lowest BCUT2D eigenvalue weighted by molar-refractivity contribution is 0.421. The number of hydrogen-bond donors (Lipinski definition) is 1. The van der Waals surface area contributed by atoms with Crippen molar-refractivity contribution in [3.05, 3.63) is 41.6 Å². The Hall–Kier alpha value is -1.55. The molecule has 0 atom stereocenters. The SMILES string of the molecule is Cc1cc(Cn2cccn2)oc1CNCC(C)C. The van der Waals surface area contributed by atoms with Crippen LogP contribution in [-0.2, 0) is 13.1 Å². The third-order valence-corrected chi connectivity index (χ3v) is 2.79. The standard InChI is InChI=1S/C14H21N3O/c1-11(2)8-15-9-14-12(3)7-13(18-14)10-17-6-4-5-16-17/h4-7,11,15H,8-10H2,1-3H3. The van der Waals surface area contributed by atoms with Crippen molar-refractivity contribution in [3.63, 3.8) is 0 Å². The van der Waals surface area contributed by atoms with Crippen LogP contribution in [0.2, 0.25) is 0 Å². The molecule has 0 radical (unpaired) electrons. The van der Waals surface area contributed by atoms with Crippen LogP contribution in [0.3, 0.4) is 0 Å². The highest BCUT2D eigenvalue weighted by molar-refractivity contribution is 5.20. The van der Waals surface area contributed by atoms with Crippen molar-refractivity contribution >= 4 is 0 Å². The molecule has 0 spiro atoms. The Kier molecular flexibility index (Phi) is 4.20. The summed E-state index contributed by atoms with van der Waals surface area (Å²) in [7, 11) is 0. The van der Waals surface area contributed by atoms with E-state index in [-0.39, 0.29) is 0 Å². The average molecular weight is 247 g/mol. The van der Waals surface area contributed by atoms with E-state index in [4.69, 9.17) is 4.42 Å². The summed E-state index contributed by atoms with van der Waals surface area (Å²) in [5, 5.41) is 7.57. The molecule has 2 rings (SSSR count). The van der Waals surface area contributed by atoms with Crippen LogP contribution in [0.15, 0.2) is 28.9 Å². The fourth-order valence-electron chi connectivity index (χ4n) is 1.87. The molecule has 2 aromatic heterocycles. The molecule has 0 saturated heterocycles. The van der Waals surface area contributed by atoms with Crippen LogP contribution in [0.1, 0.15) is 30.9 Å². The van der Waals surface area contributed by atoms with Gasteiger partial charge in [-0.3, -0.25) is 4.68 Å². The molecular formula is C14H21N3O. The minimum absolute atomic E-state index is 0.656. The summed E-state index contributed by atoms with van der Waals surface area (Å²) >= 11 is 0. The maximum atomic E-state index is 5.85. The summed E-state index contributed by atoms with van der Waals surface area (Å²) in [6.07, 6.45) is 3.72. The predicted octanol–water partition coefficient (Wildman–Crippen LogP) is 2.58. The molecule has 0 bridgehead atoms. The number of aryl methyl sites for hydroxylation is 1. The fourth-order valence-corrected chi connectivity index (χ4v) is 1.87. The highest BCUT2D eigenvalue weighted by Gasteiger charge is 2.08. The van der Waals surface area contributed by atoms with Crippen molar-refractivity contribution in [3.8, 4) is 0 Å². The molecule has 0 aliphatic heterocycles. The molecule has 0 aromatic carbocycles. The number of rotatable bonds is 6. The summed E-state index contributed by atoms with van der Waals surface area (Å²) in [5.41, 5.74) is 1.20. The van der Waals surface area contributed by atoms with Gasteiger partial charge in [-0.2, -0.15) is 5.10 Å². The number of nitrogens with one attached hydrogen (secondary N) is 1. The molecule has 0 amide bonds. The first-order chi connectivity index (χ1) is 8.65. The monoisotopic (exact) mass is 247 g/mol. The molecule has 2 heterocycles. The molecule has 98 valence electrons. The van der Waals surface area contributed by atoms with Crippen molar-refractivity contribution in [1.29, 1.82) is 0 Å². The third kappa shape index (κ3) is 3.47. The van der Waals surface area contributed by atoms with Crippen LogP contribution in [0.25, 0.3) is 0 Å². The lowest BCUT2D eigenvalue weighted by Crippen LogP contribution is -2.19. The highest BCUT2D eigenvalue weighted by Crippen LogP contribution is 2.15. The molecule has 0 fully saturated rings. The van der Waals surface area contributed by atoms with E-state index in [0.29, 0.717) is 12.5 Å². The van der Waals surface area contributed by atoms with Crippen LogP contribution in [0.5, 0.6) is 0 Å². The third-order valence-electron chi connectivity index (χ3n) is 2.79. The predicted molar refractivity (Wildman–Crippen MR) is 71.3 cm³/mol. The zero-order valence-corrected chi connectivity index (χ0v) is 11.3. The maximum absolute atomic E-state index is 5.85. The van der Waals surface area contributed by atoms with Crippen LogP contribution >= 0.6 is 0 Å². The van der Waals surface area contributed by atoms with E-state index in [0.717, 1.165) is 24.6 Å². The largest absolute Gasteiger partial charge is 0.462 e. The minimum atomic E-state index is 0.656. The molecule has 0 saturated carbocycles. The maximum Gasteiger partial charge on any atom is 0.126 e. The van der Waals surface area contributed by atoms with Crippen LogP contribution in [0, 0.1) is 12.8 Å². The molecule has 4 heteroatoms.